The lowest BCUT2D eigenvalue weighted by atomic mass is 9.94. The number of aromatic nitrogens is 2. The maximum absolute atomic E-state index is 13.1. The van der Waals surface area contributed by atoms with E-state index < -0.39 is 0 Å². The number of hydrogen-bond acceptors (Lipinski definition) is 4. The summed E-state index contributed by atoms with van der Waals surface area (Å²) in [6.45, 7) is 4.33. The van der Waals surface area contributed by atoms with Crippen LogP contribution in [0.2, 0.25) is 5.02 Å². The van der Waals surface area contributed by atoms with E-state index >= 15 is 0 Å². The number of aliphatic hydroxyl groups excluding tert-OH is 1. The third-order valence-electron chi connectivity index (χ3n) is 5.66. The van der Waals surface area contributed by atoms with E-state index in [9.17, 15) is 15.0 Å². The molecule has 2 heterocycles. The summed E-state index contributed by atoms with van der Waals surface area (Å²) in [7, 11) is 0. The Balaban J connectivity index is 1.88. The Labute approximate surface area is 180 Å². The van der Waals surface area contributed by atoms with Crippen LogP contribution in [0.4, 0.5) is 0 Å². The SMILES string of the molecule is CCc1ccc([C@@H]2c3c(-c4cc(Cl)c(C)cc4O)n[nH]c3C(=O)N2CCCO)cc1. The summed E-state index contributed by atoms with van der Waals surface area (Å²) >= 11 is 6.31. The van der Waals surface area contributed by atoms with Crippen LogP contribution in [0, 0.1) is 6.92 Å². The number of amides is 1. The van der Waals surface area contributed by atoms with E-state index in [-0.39, 0.29) is 24.3 Å². The van der Waals surface area contributed by atoms with Crippen molar-refractivity contribution in [2.75, 3.05) is 13.2 Å². The number of nitrogens with zero attached hydrogens (tertiary/aromatic N) is 2. The number of aliphatic hydroxyl groups is 1. The molecule has 3 aromatic rings. The van der Waals surface area contributed by atoms with Gasteiger partial charge in [0.1, 0.15) is 17.1 Å². The number of fused-ring (bicyclic) bond motifs is 1. The zero-order chi connectivity index (χ0) is 21.4. The number of carbonyl (C=O) groups excluding carboxylic acids is 1. The molecule has 30 heavy (non-hydrogen) atoms. The van der Waals surface area contributed by atoms with E-state index in [0.717, 1.165) is 23.1 Å². The summed E-state index contributed by atoms with van der Waals surface area (Å²) < 4.78 is 0. The van der Waals surface area contributed by atoms with Crippen molar-refractivity contribution in [2.45, 2.75) is 32.7 Å². The van der Waals surface area contributed by atoms with E-state index in [2.05, 4.69) is 29.3 Å². The molecule has 0 radical (unpaired) electrons. The second kappa shape index (κ2) is 8.13. The Bertz CT molecular complexity index is 1090. The number of halogens is 1. The highest BCUT2D eigenvalue weighted by Gasteiger charge is 2.42. The summed E-state index contributed by atoms with van der Waals surface area (Å²) in [6, 6.07) is 11.1. The molecule has 1 atom stereocenters. The molecule has 1 aliphatic rings. The third kappa shape index (κ3) is 3.36. The largest absolute Gasteiger partial charge is 0.507 e. The molecule has 0 saturated carbocycles. The van der Waals surface area contributed by atoms with Gasteiger partial charge in [-0.3, -0.25) is 9.89 Å². The Hall–Kier alpha value is -2.83. The van der Waals surface area contributed by atoms with Crippen molar-refractivity contribution < 1.29 is 15.0 Å². The topological polar surface area (TPSA) is 89.5 Å². The Kier molecular flexibility index (Phi) is 5.54. The monoisotopic (exact) mass is 425 g/mol. The fourth-order valence-electron chi connectivity index (χ4n) is 4.01. The molecular formula is C23H24ClN3O3. The molecule has 7 heteroatoms. The molecule has 3 N–H and O–H groups in total. The average Bonchev–Trinajstić information content (AvgIpc) is 3.28. The summed E-state index contributed by atoms with van der Waals surface area (Å²) in [4.78, 5) is 14.9. The molecule has 6 nitrogen and oxygen atoms in total. The Morgan fingerprint density at radius 2 is 1.97 bits per heavy atom. The zero-order valence-electron chi connectivity index (χ0n) is 16.9. The average molecular weight is 426 g/mol. The quantitative estimate of drug-likeness (QED) is 0.551. The van der Waals surface area contributed by atoms with Crippen LogP contribution in [0.5, 0.6) is 5.75 Å². The number of phenolic OH excluding ortho intramolecular Hbond substituents is 1. The van der Waals surface area contributed by atoms with Gasteiger partial charge < -0.3 is 15.1 Å². The van der Waals surface area contributed by atoms with Crippen LogP contribution in [0.1, 0.15) is 52.1 Å². The number of aryl methyl sites for hydroxylation is 2. The van der Waals surface area contributed by atoms with Gasteiger partial charge in [0.05, 0.1) is 6.04 Å². The normalized spacial score (nSPS) is 15.7. The number of H-pyrrole nitrogens is 1. The molecule has 0 aliphatic carbocycles. The number of aromatic amines is 1. The van der Waals surface area contributed by atoms with Crippen LogP contribution >= 0.6 is 11.6 Å². The molecule has 0 fully saturated rings. The van der Waals surface area contributed by atoms with E-state index in [1.807, 2.05) is 19.1 Å². The fourth-order valence-corrected chi connectivity index (χ4v) is 4.18. The molecule has 156 valence electrons. The number of hydrogen-bond donors (Lipinski definition) is 3. The van der Waals surface area contributed by atoms with Crippen LogP contribution in [-0.4, -0.2) is 44.4 Å². The second-order valence-electron chi connectivity index (χ2n) is 7.55. The van der Waals surface area contributed by atoms with Gasteiger partial charge in [0.25, 0.3) is 5.91 Å². The fraction of sp³-hybridized carbons (Fsp3) is 0.304. The van der Waals surface area contributed by atoms with Crippen molar-refractivity contribution in [3.63, 3.8) is 0 Å². The molecule has 1 aromatic heterocycles. The van der Waals surface area contributed by atoms with Gasteiger partial charge in [-0.15, -0.1) is 0 Å². The first-order chi connectivity index (χ1) is 14.5. The van der Waals surface area contributed by atoms with Crippen molar-refractivity contribution in [1.29, 1.82) is 0 Å². The molecule has 0 saturated heterocycles. The van der Waals surface area contributed by atoms with Crippen LogP contribution in [0.15, 0.2) is 36.4 Å². The first-order valence-electron chi connectivity index (χ1n) is 10.0. The lowest BCUT2D eigenvalue weighted by Crippen LogP contribution is -2.31. The van der Waals surface area contributed by atoms with Crippen molar-refractivity contribution >= 4 is 17.5 Å². The van der Waals surface area contributed by atoms with Crippen LogP contribution in [0.25, 0.3) is 11.3 Å². The minimum absolute atomic E-state index is 0.00132. The van der Waals surface area contributed by atoms with Gasteiger partial charge in [0, 0.05) is 29.3 Å². The lowest BCUT2D eigenvalue weighted by molar-refractivity contribution is 0.0732. The number of benzene rings is 2. The zero-order valence-corrected chi connectivity index (χ0v) is 17.7. The van der Waals surface area contributed by atoms with Crippen molar-refractivity contribution in [1.82, 2.24) is 15.1 Å². The van der Waals surface area contributed by atoms with Gasteiger partial charge >= 0.3 is 0 Å². The Morgan fingerprint density at radius 1 is 1.23 bits per heavy atom. The van der Waals surface area contributed by atoms with E-state index in [0.29, 0.717) is 34.9 Å². The number of nitrogens with one attached hydrogen (secondary N) is 1. The van der Waals surface area contributed by atoms with Crippen LogP contribution in [-0.2, 0) is 6.42 Å². The van der Waals surface area contributed by atoms with E-state index in [4.69, 9.17) is 11.6 Å². The molecule has 0 spiro atoms. The molecule has 1 aliphatic heterocycles. The van der Waals surface area contributed by atoms with Gasteiger partial charge in [-0.1, -0.05) is 42.8 Å². The lowest BCUT2D eigenvalue weighted by Gasteiger charge is -2.26. The maximum atomic E-state index is 13.1. The maximum Gasteiger partial charge on any atom is 0.273 e. The highest BCUT2D eigenvalue weighted by molar-refractivity contribution is 6.31. The number of carbonyl (C=O) groups is 1. The van der Waals surface area contributed by atoms with Crippen LogP contribution < -0.4 is 0 Å². The molecule has 0 bridgehead atoms. The third-order valence-corrected chi connectivity index (χ3v) is 6.06. The first-order valence-corrected chi connectivity index (χ1v) is 10.4. The summed E-state index contributed by atoms with van der Waals surface area (Å²) in [5, 5.41) is 27.7. The predicted molar refractivity (Wildman–Crippen MR) is 116 cm³/mol. The molecule has 4 rings (SSSR count). The molecule has 1 amide bonds. The van der Waals surface area contributed by atoms with Gasteiger partial charge in [-0.2, -0.15) is 5.10 Å². The second-order valence-corrected chi connectivity index (χ2v) is 7.96. The van der Waals surface area contributed by atoms with Crippen molar-refractivity contribution in [3.05, 3.63) is 69.4 Å². The molecule has 2 aromatic carbocycles. The minimum atomic E-state index is -0.363. The van der Waals surface area contributed by atoms with E-state index in [1.54, 1.807) is 17.0 Å². The van der Waals surface area contributed by atoms with Gasteiger partial charge in [-0.05, 0) is 48.6 Å². The number of rotatable bonds is 6. The summed E-state index contributed by atoms with van der Waals surface area (Å²) in [6.07, 6.45) is 1.40. The standard InChI is InChI=1S/C23H24ClN3O3/c1-3-14-5-7-15(8-6-14)22-19-20(16-12-17(24)13(2)11-18(16)29)25-26-21(19)23(30)27(22)9-4-10-28/h5-8,11-12,22,28-29H,3-4,9-10H2,1-2H3,(H,25,26)/t22-/m1/s1. The molecule has 0 unspecified atom stereocenters. The van der Waals surface area contributed by atoms with Gasteiger partial charge in [-0.25, -0.2) is 0 Å². The van der Waals surface area contributed by atoms with Crippen molar-refractivity contribution in [2.24, 2.45) is 0 Å². The first kappa shape index (κ1) is 20.4. The van der Waals surface area contributed by atoms with E-state index in [1.165, 1.54) is 5.56 Å². The van der Waals surface area contributed by atoms with Crippen LogP contribution in [0.3, 0.4) is 0 Å². The Morgan fingerprint density at radius 3 is 2.63 bits per heavy atom. The van der Waals surface area contributed by atoms with Gasteiger partial charge in [0.2, 0.25) is 0 Å². The summed E-state index contributed by atoms with van der Waals surface area (Å²) in [5.74, 6) is -0.105. The predicted octanol–water partition coefficient (Wildman–Crippen LogP) is 4.23. The minimum Gasteiger partial charge on any atom is -0.507 e. The summed E-state index contributed by atoms with van der Waals surface area (Å²) in [5.41, 5.74) is 5.04. The highest BCUT2D eigenvalue weighted by Crippen LogP contribution is 2.45. The highest BCUT2D eigenvalue weighted by atomic mass is 35.5. The van der Waals surface area contributed by atoms with Crippen molar-refractivity contribution in [3.8, 4) is 17.0 Å². The smallest absolute Gasteiger partial charge is 0.273 e. The number of aromatic hydroxyl groups is 1. The van der Waals surface area contributed by atoms with Gasteiger partial charge in [0.15, 0.2) is 0 Å². The molecular weight excluding hydrogens is 402 g/mol. The number of phenols is 1.